The quantitative estimate of drug-likeness (QED) is 0.752. The number of nitrogens with zero attached hydrogens (tertiary/aromatic N) is 2. The largest absolute Gasteiger partial charge is 0.301 e. The van der Waals surface area contributed by atoms with E-state index in [4.69, 9.17) is 0 Å². The van der Waals surface area contributed by atoms with Crippen molar-refractivity contribution in [1.82, 2.24) is 9.80 Å². The third-order valence-electron chi connectivity index (χ3n) is 4.51. The highest BCUT2D eigenvalue weighted by molar-refractivity contribution is 5.95. The van der Waals surface area contributed by atoms with Gasteiger partial charge in [-0.25, -0.2) is 4.39 Å². The van der Waals surface area contributed by atoms with E-state index in [0.717, 1.165) is 32.1 Å². The molecule has 0 radical (unpaired) electrons. The van der Waals surface area contributed by atoms with Crippen molar-refractivity contribution in [2.45, 2.75) is 31.7 Å². The molecule has 21 heavy (non-hydrogen) atoms. The van der Waals surface area contributed by atoms with Crippen molar-refractivity contribution in [1.29, 1.82) is 0 Å². The van der Waals surface area contributed by atoms with E-state index in [2.05, 4.69) is 9.80 Å². The fourth-order valence-corrected chi connectivity index (χ4v) is 3.04. The van der Waals surface area contributed by atoms with Crippen LogP contribution >= 0.6 is 0 Å². The van der Waals surface area contributed by atoms with E-state index in [9.17, 15) is 9.18 Å². The second-order valence-electron chi connectivity index (χ2n) is 6.14. The van der Waals surface area contributed by atoms with Crippen LogP contribution in [-0.2, 0) is 0 Å². The van der Waals surface area contributed by atoms with Gasteiger partial charge in [0.15, 0.2) is 5.78 Å². The van der Waals surface area contributed by atoms with Crippen molar-refractivity contribution in [3.8, 4) is 0 Å². The molecule has 0 bridgehead atoms. The number of hydrogen-bond donors (Lipinski definition) is 0. The Morgan fingerprint density at radius 1 is 1.10 bits per heavy atom. The minimum Gasteiger partial charge on any atom is -0.301 e. The fraction of sp³-hybridized carbons (Fsp3) is 0.588. The molecule has 0 amide bonds. The minimum atomic E-state index is -0.292. The van der Waals surface area contributed by atoms with E-state index in [0.29, 0.717) is 12.0 Å². The maximum absolute atomic E-state index is 12.8. The molecule has 0 spiro atoms. The van der Waals surface area contributed by atoms with E-state index in [-0.39, 0.29) is 11.6 Å². The number of halogens is 1. The number of carbonyl (C=O) groups excluding carboxylic acids is 1. The van der Waals surface area contributed by atoms with Gasteiger partial charge in [0.2, 0.25) is 0 Å². The summed E-state index contributed by atoms with van der Waals surface area (Å²) >= 11 is 0. The van der Waals surface area contributed by atoms with Gasteiger partial charge >= 0.3 is 0 Å². The predicted octanol–water partition coefficient (Wildman–Crippen LogP) is 2.57. The number of hydrogen-bond acceptors (Lipinski definition) is 3. The van der Waals surface area contributed by atoms with Crippen molar-refractivity contribution in [3.63, 3.8) is 0 Å². The third-order valence-corrected chi connectivity index (χ3v) is 4.51. The first-order valence-corrected chi connectivity index (χ1v) is 7.97. The molecule has 1 saturated carbocycles. The maximum Gasteiger partial charge on any atom is 0.162 e. The number of rotatable bonds is 6. The molecule has 1 aromatic carbocycles. The number of benzene rings is 1. The first kappa shape index (κ1) is 14.7. The van der Waals surface area contributed by atoms with Crippen LogP contribution in [0.3, 0.4) is 0 Å². The molecule has 114 valence electrons. The summed E-state index contributed by atoms with van der Waals surface area (Å²) < 4.78 is 12.8. The van der Waals surface area contributed by atoms with E-state index in [1.54, 1.807) is 12.1 Å². The molecule has 1 heterocycles. The lowest BCUT2D eigenvalue weighted by Crippen LogP contribution is -2.47. The first-order chi connectivity index (χ1) is 10.2. The van der Waals surface area contributed by atoms with Crippen molar-refractivity contribution in [2.24, 2.45) is 0 Å². The van der Waals surface area contributed by atoms with Crippen LogP contribution in [-0.4, -0.2) is 54.3 Å². The molecule has 3 nitrogen and oxygen atoms in total. The van der Waals surface area contributed by atoms with Gasteiger partial charge in [0.1, 0.15) is 5.82 Å². The van der Waals surface area contributed by atoms with Crippen LogP contribution in [0.15, 0.2) is 24.3 Å². The van der Waals surface area contributed by atoms with Crippen LogP contribution in [0.1, 0.15) is 36.0 Å². The van der Waals surface area contributed by atoms with Crippen LogP contribution < -0.4 is 0 Å². The van der Waals surface area contributed by atoms with Gasteiger partial charge in [-0.1, -0.05) is 0 Å². The van der Waals surface area contributed by atoms with Crippen LogP contribution in [0.5, 0.6) is 0 Å². The molecule has 4 heteroatoms. The van der Waals surface area contributed by atoms with Crippen LogP contribution in [0.4, 0.5) is 4.39 Å². The highest BCUT2D eigenvalue weighted by Gasteiger charge is 2.30. The Morgan fingerprint density at radius 3 is 2.38 bits per heavy atom. The molecule has 0 N–H and O–H groups in total. The Hall–Kier alpha value is -1.26. The molecular weight excluding hydrogens is 267 g/mol. The number of carbonyl (C=O) groups is 1. The van der Waals surface area contributed by atoms with E-state index in [1.807, 2.05) is 0 Å². The summed E-state index contributed by atoms with van der Waals surface area (Å²) in [6.07, 6.45) is 4.20. The van der Waals surface area contributed by atoms with Gasteiger partial charge in [-0.05, 0) is 50.1 Å². The Labute approximate surface area is 125 Å². The highest BCUT2D eigenvalue weighted by atomic mass is 19.1. The number of ketones is 1. The molecule has 3 rings (SSSR count). The number of Topliss-reactive ketones (excluding diaryl/α,β-unsaturated/α-hetero) is 1. The molecule has 1 aliphatic heterocycles. The summed E-state index contributed by atoms with van der Waals surface area (Å²) in [5.74, 6) is -0.174. The Bertz CT molecular complexity index is 476. The Balaban J connectivity index is 1.36. The zero-order valence-electron chi connectivity index (χ0n) is 12.4. The standard InChI is InChI=1S/C17H23FN2O/c18-15-5-3-14(4-6-15)17(21)2-1-9-19-10-12-20(13-11-19)16-7-8-16/h3-6,16H,1-2,7-13H2. The molecule has 0 atom stereocenters. The lowest BCUT2D eigenvalue weighted by Gasteiger charge is -2.34. The van der Waals surface area contributed by atoms with Crippen molar-refractivity contribution in [2.75, 3.05) is 32.7 Å². The van der Waals surface area contributed by atoms with Crippen LogP contribution in [0.25, 0.3) is 0 Å². The van der Waals surface area contributed by atoms with E-state index in [1.165, 1.54) is 38.1 Å². The topological polar surface area (TPSA) is 23.6 Å². The van der Waals surface area contributed by atoms with Gasteiger partial charge in [-0.15, -0.1) is 0 Å². The average Bonchev–Trinajstić information content (AvgIpc) is 3.33. The van der Waals surface area contributed by atoms with Crippen molar-refractivity contribution >= 4 is 5.78 Å². The predicted molar refractivity (Wildman–Crippen MR) is 81.0 cm³/mol. The number of piperazine rings is 1. The average molecular weight is 290 g/mol. The second kappa shape index (κ2) is 6.67. The van der Waals surface area contributed by atoms with Crippen LogP contribution in [0, 0.1) is 5.82 Å². The Kier molecular flexibility index (Phi) is 4.66. The fourth-order valence-electron chi connectivity index (χ4n) is 3.04. The van der Waals surface area contributed by atoms with Crippen molar-refractivity contribution < 1.29 is 9.18 Å². The molecule has 2 aliphatic rings. The van der Waals surface area contributed by atoms with E-state index < -0.39 is 0 Å². The van der Waals surface area contributed by atoms with Gasteiger partial charge < -0.3 is 4.90 Å². The Morgan fingerprint density at radius 2 is 1.76 bits per heavy atom. The van der Waals surface area contributed by atoms with E-state index >= 15 is 0 Å². The van der Waals surface area contributed by atoms with Gasteiger partial charge in [-0.3, -0.25) is 9.69 Å². The van der Waals surface area contributed by atoms with Crippen molar-refractivity contribution in [3.05, 3.63) is 35.6 Å². The van der Waals surface area contributed by atoms with Crippen LogP contribution in [0.2, 0.25) is 0 Å². The molecule has 0 unspecified atom stereocenters. The minimum absolute atomic E-state index is 0.117. The summed E-state index contributed by atoms with van der Waals surface area (Å²) in [4.78, 5) is 17.1. The summed E-state index contributed by atoms with van der Waals surface area (Å²) in [5, 5.41) is 0. The summed E-state index contributed by atoms with van der Waals surface area (Å²) in [7, 11) is 0. The first-order valence-electron chi connectivity index (χ1n) is 7.97. The third kappa shape index (κ3) is 4.11. The lowest BCUT2D eigenvalue weighted by molar-refractivity contribution is 0.0959. The zero-order valence-corrected chi connectivity index (χ0v) is 12.4. The molecule has 0 aromatic heterocycles. The SMILES string of the molecule is O=C(CCCN1CCN(C2CC2)CC1)c1ccc(F)cc1. The molecule has 1 aliphatic carbocycles. The van der Waals surface area contributed by atoms with Gasteiger partial charge in [0, 0.05) is 44.2 Å². The van der Waals surface area contributed by atoms with Gasteiger partial charge in [-0.2, -0.15) is 0 Å². The monoisotopic (exact) mass is 290 g/mol. The molecule has 1 aromatic rings. The summed E-state index contributed by atoms with van der Waals surface area (Å²) in [6.45, 7) is 5.60. The maximum atomic E-state index is 12.8. The molecule has 1 saturated heterocycles. The zero-order chi connectivity index (χ0) is 14.7. The molecular formula is C17H23FN2O. The highest BCUT2D eigenvalue weighted by Crippen LogP contribution is 2.27. The normalized spacial score (nSPS) is 20.6. The van der Waals surface area contributed by atoms with Gasteiger partial charge in [0.25, 0.3) is 0 Å². The summed E-state index contributed by atoms with van der Waals surface area (Å²) in [5.41, 5.74) is 0.620. The smallest absolute Gasteiger partial charge is 0.162 e. The summed E-state index contributed by atoms with van der Waals surface area (Å²) in [6, 6.07) is 6.72. The molecule has 2 fully saturated rings. The lowest BCUT2D eigenvalue weighted by atomic mass is 10.1. The second-order valence-corrected chi connectivity index (χ2v) is 6.14. The van der Waals surface area contributed by atoms with Gasteiger partial charge in [0.05, 0.1) is 0 Å².